The molecule has 6 nitrogen and oxygen atoms in total. The molecule has 1 aromatic heterocycles. The molecule has 1 aliphatic rings. The van der Waals surface area contributed by atoms with Crippen LogP contribution in [0.3, 0.4) is 0 Å². The van der Waals surface area contributed by atoms with E-state index in [1.807, 2.05) is 12.1 Å². The normalized spacial score (nSPS) is 13.2. The van der Waals surface area contributed by atoms with Crippen LogP contribution in [0.25, 0.3) is 0 Å². The van der Waals surface area contributed by atoms with Crippen LogP contribution in [0.2, 0.25) is 0 Å². The second kappa shape index (κ2) is 7.29. The first-order chi connectivity index (χ1) is 12.1. The average Bonchev–Trinajstić information content (AvgIpc) is 3.46. The van der Waals surface area contributed by atoms with Crippen molar-refractivity contribution in [1.82, 2.24) is 15.2 Å². The number of nitrogens with one attached hydrogen (secondary N) is 2. The maximum Gasteiger partial charge on any atom is 0.322 e. The fourth-order valence-electron chi connectivity index (χ4n) is 2.55. The van der Waals surface area contributed by atoms with Crippen LogP contribution in [0.15, 0.2) is 42.7 Å². The Morgan fingerprint density at radius 3 is 2.76 bits per heavy atom. The number of urea groups is 1. The molecule has 0 unspecified atom stereocenters. The smallest absolute Gasteiger partial charge is 0.322 e. The summed E-state index contributed by atoms with van der Waals surface area (Å²) >= 11 is 0. The van der Waals surface area contributed by atoms with Crippen LogP contribution in [-0.4, -0.2) is 34.9 Å². The number of nitrogens with zero attached hydrogens (tertiary/aromatic N) is 2. The Kier molecular flexibility index (Phi) is 4.92. The zero-order chi connectivity index (χ0) is 17.8. The molecule has 1 aliphatic carbocycles. The van der Waals surface area contributed by atoms with Crippen LogP contribution in [0.1, 0.15) is 28.8 Å². The third kappa shape index (κ3) is 4.12. The summed E-state index contributed by atoms with van der Waals surface area (Å²) in [5, 5.41) is 5.13. The molecule has 0 aliphatic heterocycles. The Labute approximate surface area is 145 Å². The lowest BCUT2D eigenvalue weighted by atomic mass is 10.1. The van der Waals surface area contributed by atoms with Gasteiger partial charge in [0.1, 0.15) is 5.82 Å². The number of benzene rings is 1. The minimum atomic E-state index is -0.633. The summed E-state index contributed by atoms with van der Waals surface area (Å²) < 4.78 is 13.7. The third-order valence-corrected chi connectivity index (χ3v) is 4.01. The van der Waals surface area contributed by atoms with E-state index < -0.39 is 11.7 Å². The number of hydrogen-bond donors (Lipinski definition) is 2. The van der Waals surface area contributed by atoms with E-state index in [-0.39, 0.29) is 17.6 Å². The first-order valence-electron chi connectivity index (χ1n) is 8.06. The van der Waals surface area contributed by atoms with Crippen LogP contribution < -0.4 is 10.6 Å². The van der Waals surface area contributed by atoms with Crippen molar-refractivity contribution in [2.24, 2.45) is 0 Å². The fraction of sp³-hybridized carbons (Fsp3) is 0.278. The van der Waals surface area contributed by atoms with Crippen LogP contribution in [0.4, 0.5) is 14.9 Å². The van der Waals surface area contributed by atoms with E-state index in [9.17, 15) is 14.0 Å². The summed E-state index contributed by atoms with van der Waals surface area (Å²) in [5.74, 6) is -1.17. The summed E-state index contributed by atoms with van der Waals surface area (Å²) in [4.78, 5) is 30.1. The van der Waals surface area contributed by atoms with Crippen molar-refractivity contribution in [2.75, 3.05) is 12.4 Å². The van der Waals surface area contributed by atoms with Crippen molar-refractivity contribution >= 4 is 17.6 Å². The monoisotopic (exact) mass is 342 g/mol. The first kappa shape index (κ1) is 16.9. The van der Waals surface area contributed by atoms with E-state index in [0.717, 1.165) is 18.4 Å². The fourth-order valence-corrected chi connectivity index (χ4v) is 2.55. The van der Waals surface area contributed by atoms with Gasteiger partial charge in [-0.05, 0) is 42.7 Å². The van der Waals surface area contributed by atoms with Gasteiger partial charge in [0.2, 0.25) is 0 Å². The highest BCUT2D eigenvalue weighted by molar-refractivity contribution is 5.97. The zero-order valence-electron chi connectivity index (χ0n) is 13.8. The highest BCUT2D eigenvalue weighted by atomic mass is 19.1. The SMILES string of the molecule is CNC(=O)c1cc(NC(=O)N(Cc2cccnc2)C2CC2)ccc1F. The standard InChI is InChI=1S/C18H19FN4O2/c1-20-17(24)15-9-13(4-7-16(15)19)22-18(25)23(14-5-6-14)11-12-3-2-8-21-10-12/h2-4,7-10,14H,5-6,11H2,1H3,(H,20,24)(H,22,25). The van der Waals surface area contributed by atoms with E-state index in [0.29, 0.717) is 12.2 Å². The number of anilines is 1. The molecule has 1 saturated carbocycles. The Morgan fingerprint density at radius 2 is 2.12 bits per heavy atom. The van der Waals surface area contributed by atoms with Gasteiger partial charge >= 0.3 is 6.03 Å². The van der Waals surface area contributed by atoms with E-state index >= 15 is 0 Å². The molecule has 0 atom stereocenters. The number of halogens is 1. The second-order valence-corrected chi connectivity index (χ2v) is 5.92. The first-order valence-corrected chi connectivity index (χ1v) is 8.06. The van der Waals surface area contributed by atoms with Crippen LogP contribution in [0, 0.1) is 5.82 Å². The summed E-state index contributed by atoms with van der Waals surface area (Å²) in [7, 11) is 1.43. The van der Waals surface area contributed by atoms with Gasteiger partial charge in [0.25, 0.3) is 5.91 Å². The van der Waals surface area contributed by atoms with Crippen LogP contribution in [0.5, 0.6) is 0 Å². The van der Waals surface area contributed by atoms with Gasteiger partial charge in [0, 0.05) is 37.7 Å². The lowest BCUT2D eigenvalue weighted by Crippen LogP contribution is -2.36. The minimum absolute atomic E-state index is 0.106. The van der Waals surface area contributed by atoms with E-state index in [1.165, 1.54) is 25.2 Å². The molecule has 25 heavy (non-hydrogen) atoms. The van der Waals surface area contributed by atoms with Crippen molar-refractivity contribution < 1.29 is 14.0 Å². The van der Waals surface area contributed by atoms with Crippen molar-refractivity contribution in [3.8, 4) is 0 Å². The Hall–Kier alpha value is -2.96. The average molecular weight is 342 g/mol. The topological polar surface area (TPSA) is 74.3 Å². The number of carbonyl (C=O) groups is 2. The Morgan fingerprint density at radius 1 is 1.32 bits per heavy atom. The predicted octanol–water partition coefficient (Wildman–Crippen LogP) is 2.78. The van der Waals surface area contributed by atoms with Gasteiger partial charge in [-0.15, -0.1) is 0 Å². The highest BCUT2D eigenvalue weighted by Gasteiger charge is 2.32. The minimum Gasteiger partial charge on any atom is -0.355 e. The largest absolute Gasteiger partial charge is 0.355 e. The van der Waals surface area contributed by atoms with Gasteiger partial charge in [-0.2, -0.15) is 0 Å². The molecule has 0 bridgehead atoms. The number of hydrogen-bond acceptors (Lipinski definition) is 3. The number of rotatable bonds is 5. The number of aromatic nitrogens is 1. The number of pyridine rings is 1. The molecule has 7 heteroatoms. The van der Waals surface area contributed by atoms with Gasteiger partial charge < -0.3 is 15.5 Å². The van der Waals surface area contributed by atoms with Gasteiger partial charge in [0.05, 0.1) is 5.56 Å². The second-order valence-electron chi connectivity index (χ2n) is 5.92. The highest BCUT2D eigenvalue weighted by Crippen LogP contribution is 2.29. The Balaban J connectivity index is 1.74. The molecule has 3 rings (SSSR count). The maximum absolute atomic E-state index is 13.7. The predicted molar refractivity (Wildman–Crippen MR) is 91.6 cm³/mol. The van der Waals surface area contributed by atoms with Crippen molar-refractivity contribution in [3.05, 3.63) is 59.7 Å². The molecule has 0 saturated heterocycles. The zero-order valence-corrected chi connectivity index (χ0v) is 13.8. The molecule has 0 spiro atoms. The van der Waals surface area contributed by atoms with E-state index in [2.05, 4.69) is 15.6 Å². The summed E-state index contributed by atoms with van der Waals surface area (Å²) in [6, 6.07) is 7.60. The summed E-state index contributed by atoms with van der Waals surface area (Å²) in [6.07, 6.45) is 5.33. The quantitative estimate of drug-likeness (QED) is 0.877. The number of carbonyl (C=O) groups excluding carboxylic acids is 2. The van der Waals surface area contributed by atoms with Crippen LogP contribution in [-0.2, 0) is 6.54 Å². The summed E-state index contributed by atoms with van der Waals surface area (Å²) in [6.45, 7) is 0.452. The molecule has 130 valence electrons. The van der Waals surface area contributed by atoms with Gasteiger partial charge in [-0.1, -0.05) is 6.07 Å². The van der Waals surface area contributed by atoms with Gasteiger partial charge in [0.15, 0.2) is 0 Å². The van der Waals surface area contributed by atoms with E-state index in [4.69, 9.17) is 0 Å². The number of amides is 3. The Bertz CT molecular complexity index is 778. The molecular formula is C18H19FN4O2. The third-order valence-electron chi connectivity index (χ3n) is 4.01. The molecule has 1 aromatic carbocycles. The van der Waals surface area contributed by atoms with Crippen molar-refractivity contribution in [3.63, 3.8) is 0 Å². The molecule has 0 radical (unpaired) electrons. The van der Waals surface area contributed by atoms with E-state index in [1.54, 1.807) is 17.3 Å². The summed E-state index contributed by atoms with van der Waals surface area (Å²) in [5.41, 5.74) is 1.21. The molecule has 1 heterocycles. The molecular weight excluding hydrogens is 323 g/mol. The molecule has 3 amide bonds. The lowest BCUT2D eigenvalue weighted by Gasteiger charge is -2.23. The van der Waals surface area contributed by atoms with Crippen molar-refractivity contribution in [1.29, 1.82) is 0 Å². The van der Waals surface area contributed by atoms with Gasteiger partial charge in [-0.3, -0.25) is 9.78 Å². The lowest BCUT2D eigenvalue weighted by molar-refractivity contribution is 0.0959. The maximum atomic E-state index is 13.7. The van der Waals surface area contributed by atoms with Crippen LogP contribution >= 0.6 is 0 Å². The molecule has 2 N–H and O–H groups in total. The van der Waals surface area contributed by atoms with Gasteiger partial charge in [-0.25, -0.2) is 9.18 Å². The molecule has 1 fully saturated rings. The van der Waals surface area contributed by atoms with Crippen molar-refractivity contribution in [2.45, 2.75) is 25.4 Å². The molecule has 2 aromatic rings.